The summed E-state index contributed by atoms with van der Waals surface area (Å²) in [6.45, 7) is 0.929. The molecule has 0 bridgehead atoms. The smallest absolute Gasteiger partial charge is 0.258 e. The fraction of sp³-hybridized carbons (Fsp3) is 0.269. The molecule has 1 aliphatic rings. The lowest BCUT2D eigenvalue weighted by molar-refractivity contribution is -0.138. The van der Waals surface area contributed by atoms with E-state index < -0.39 is 6.04 Å². The van der Waals surface area contributed by atoms with E-state index in [-0.39, 0.29) is 11.8 Å². The van der Waals surface area contributed by atoms with Gasteiger partial charge in [-0.25, -0.2) is 0 Å². The summed E-state index contributed by atoms with van der Waals surface area (Å²) in [5.41, 5.74) is 3.41. The Morgan fingerprint density at radius 3 is 2.58 bits per heavy atom. The number of pyridine rings is 1. The normalized spacial score (nSPS) is 16.0. The van der Waals surface area contributed by atoms with Crippen molar-refractivity contribution in [2.45, 2.75) is 12.5 Å². The highest BCUT2D eigenvalue weighted by Crippen LogP contribution is 2.28. The second-order valence-corrected chi connectivity index (χ2v) is 7.99. The number of carbonyl (C=O) groups is 2. The monoisotopic (exact) mass is 445 g/mol. The first-order valence-electron chi connectivity index (χ1n) is 10.8. The highest BCUT2D eigenvalue weighted by Gasteiger charge is 2.37. The van der Waals surface area contributed by atoms with Gasteiger partial charge in [0.25, 0.3) is 5.91 Å². The van der Waals surface area contributed by atoms with Gasteiger partial charge in [-0.3, -0.25) is 14.6 Å². The number of carbonyl (C=O) groups excluding carboxylic acids is 2. The molecule has 0 unspecified atom stereocenters. The van der Waals surface area contributed by atoms with Crippen molar-refractivity contribution >= 4 is 11.8 Å². The first-order valence-corrected chi connectivity index (χ1v) is 10.8. The van der Waals surface area contributed by atoms with Crippen LogP contribution in [0.4, 0.5) is 0 Å². The van der Waals surface area contributed by atoms with Crippen molar-refractivity contribution in [2.75, 3.05) is 34.4 Å². The number of aromatic nitrogens is 1. The first kappa shape index (κ1) is 22.3. The predicted octanol–water partition coefficient (Wildman–Crippen LogP) is 3.29. The number of piperazine rings is 1. The summed E-state index contributed by atoms with van der Waals surface area (Å²) in [5, 5.41) is 0. The molecule has 0 saturated carbocycles. The second kappa shape index (κ2) is 9.73. The molecule has 0 radical (unpaired) electrons. The Hall–Kier alpha value is -3.87. The van der Waals surface area contributed by atoms with Gasteiger partial charge in [-0.2, -0.15) is 0 Å². The SMILES string of the molecule is COc1ccc(C(=O)N2CCN(C)C(=O)[C@@H]2Cc2cccc(-c3cccnc3)c2)c(OC)c1. The number of hydrogen-bond acceptors (Lipinski definition) is 5. The summed E-state index contributed by atoms with van der Waals surface area (Å²) >= 11 is 0. The molecule has 0 spiro atoms. The molecule has 7 heteroatoms. The van der Waals surface area contributed by atoms with Gasteiger partial charge >= 0.3 is 0 Å². The molecule has 1 atom stereocenters. The summed E-state index contributed by atoms with van der Waals surface area (Å²) in [6.07, 6.45) is 3.97. The fourth-order valence-corrected chi connectivity index (χ4v) is 4.12. The van der Waals surface area contributed by atoms with Crippen LogP contribution >= 0.6 is 0 Å². The molecule has 3 aromatic rings. The molecule has 2 heterocycles. The third-order valence-corrected chi connectivity index (χ3v) is 5.96. The van der Waals surface area contributed by atoms with E-state index in [1.54, 1.807) is 48.4 Å². The Kier molecular flexibility index (Phi) is 6.58. The first-order chi connectivity index (χ1) is 16.0. The van der Waals surface area contributed by atoms with Gasteiger partial charge in [0.05, 0.1) is 19.8 Å². The summed E-state index contributed by atoms with van der Waals surface area (Å²) in [5.74, 6) is 0.711. The van der Waals surface area contributed by atoms with Crippen molar-refractivity contribution in [3.05, 3.63) is 78.1 Å². The van der Waals surface area contributed by atoms with Crippen LogP contribution in [0.3, 0.4) is 0 Å². The van der Waals surface area contributed by atoms with Crippen molar-refractivity contribution in [1.82, 2.24) is 14.8 Å². The molecule has 0 N–H and O–H groups in total. The minimum Gasteiger partial charge on any atom is -0.497 e. The van der Waals surface area contributed by atoms with Crippen molar-refractivity contribution in [3.63, 3.8) is 0 Å². The van der Waals surface area contributed by atoms with Crippen LogP contribution in [0.15, 0.2) is 67.0 Å². The summed E-state index contributed by atoms with van der Waals surface area (Å²) in [6, 6.07) is 16.4. The Bertz CT molecular complexity index is 1150. The van der Waals surface area contributed by atoms with E-state index in [0.717, 1.165) is 16.7 Å². The van der Waals surface area contributed by atoms with Gasteiger partial charge in [0.2, 0.25) is 5.91 Å². The molecule has 7 nitrogen and oxygen atoms in total. The van der Waals surface area contributed by atoms with E-state index in [9.17, 15) is 9.59 Å². The Morgan fingerprint density at radius 2 is 1.85 bits per heavy atom. The average Bonchev–Trinajstić information content (AvgIpc) is 2.87. The molecule has 1 fully saturated rings. The lowest BCUT2D eigenvalue weighted by atomic mass is 9.97. The van der Waals surface area contributed by atoms with Crippen LogP contribution in [0.2, 0.25) is 0 Å². The van der Waals surface area contributed by atoms with E-state index in [2.05, 4.69) is 11.1 Å². The van der Waals surface area contributed by atoms with E-state index in [0.29, 0.717) is 36.6 Å². The highest BCUT2D eigenvalue weighted by atomic mass is 16.5. The minimum absolute atomic E-state index is 0.0751. The van der Waals surface area contributed by atoms with Crippen LogP contribution in [0, 0.1) is 0 Å². The summed E-state index contributed by atoms with van der Waals surface area (Å²) < 4.78 is 10.7. The number of hydrogen-bond donors (Lipinski definition) is 0. The summed E-state index contributed by atoms with van der Waals surface area (Å²) in [7, 11) is 4.85. The highest BCUT2D eigenvalue weighted by molar-refractivity contribution is 6.00. The third-order valence-electron chi connectivity index (χ3n) is 5.96. The van der Waals surface area contributed by atoms with Crippen molar-refractivity contribution in [2.24, 2.45) is 0 Å². The predicted molar refractivity (Wildman–Crippen MR) is 125 cm³/mol. The number of benzene rings is 2. The maximum Gasteiger partial charge on any atom is 0.258 e. The van der Waals surface area contributed by atoms with Crippen LogP contribution < -0.4 is 9.47 Å². The zero-order valence-electron chi connectivity index (χ0n) is 19.0. The van der Waals surface area contributed by atoms with Crippen LogP contribution in [-0.4, -0.2) is 67.0 Å². The molecule has 1 aliphatic heterocycles. The molecule has 1 aromatic heterocycles. The molecular formula is C26H27N3O4. The minimum atomic E-state index is -0.604. The molecule has 1 saturated heterocycles. The van der Waals surface area contributed by atoms with Crippen molar-refractivity contribution in [3.8, 4) is 22.6 Å². The van der Waals surface area contributed by atoms with Crippen LogP contribution in [0.5, 0.6) is 11.5 Å². The van der Waals surface area contributed by atoms with E-state index in [1.807, 2.05) is 36.5 Å². The standard InChI is InChI=1S/C26H27N3O4/c1-28-12-13-29(25(30)22-10-9-21(32-2)16-24(22)33-3)23(26(28)31)15-18-6-4-7-19(14-18)20-8-5-11-27-17-20/h4-11,14,16-17,23H,12-13,15H2,1-3H3/t23-/m0/s1. The lowest BCUT2D eigenvalue weighted by Crippen LogP contribution is -2.58. The average molecular weight is 446 g/mol. The molecule has 4 rings (SSSR count). The van der Waals surface area contributed by atoms with Gasteiger partial charge in [0.1, 0.15) is 17.5 Å². The number of rotatable bonds is 6. The number of likely N-dealkylation sites (N-methyl/N-ethyl adjacent to an activating group) is 1. The van der Waals surface area contributed by atoms with Gasteiger partial charge in [-0.1, -0.05) is 30.3 Å². The zero-order chi connectivity index (χ0) is 23.4. The maximum atomic E-state index is 13.5. The Labute approximate surface area is 193 Å². The number of methoxy groups -OCH3 is 2. The summed E-state index contributed by atoms with van der Waals surface area (Å²) in [4.78, 5) is 34.2. The molecular weight excluding hydrogens is 418 g/mol. The fourth-order valence-electron chi connectivity index (χ4n) is 4.12. The van der Waals surface area contributed by atoms with E-state index >= 15 is 0 Å². The lowest BCUT2D eigenvalue weighted by Gasteiger charge is -2.39. The van der Waals surface area contributed by atoms with Gasteiger partial charge in [0.15, 0.2) is 0 Å². The van der Waals surface area contributed by atoms with E-state index in [4.69, 9.17) is 9.47 Å². The molecule has 0 aliphatic carbocycles. The van der Waals surface area contributed by atoms with E-state index in [1.165, 1.54) is 7.11 Å². The van der Waals surface area contributed by atoms with Gasteiger partial charge in [-0.05, 0) is 34.9 Å². The molecule has 33 heavy (non-hydrogen) atoms. The largest absolute Gasteiger partial charge is 0.497 e. The molecule has 170 valence electrons. The van der Waals surface area contributed by atoms with Gasteiger partial charge in [-0.15, -0.1) is 0 Å². The van der Waals surface area contributed by atoms with Crippen molar-refractivity contribution in [1.29, 1.82) is 0 Å². The number of amides is 2. The topological polar surface area (TPSA) is 72.0 Å². The zero-order valence-corrected chi connectivity index (χ0v) is 19.0. The molecule has 2 aromatic carbocycles. The van der Waals surface area contributed by atoms with Crippen molar-refractivity contribution < 1.29 is 19.1 Å². The maximum absolute atomic E-state index is 13.5. The van der Waals surface area contributed by atoms with Crippen LogP contribution in [0.1, 0.15) is 15.9 Å². The second-order valence-electron chi connectivity index (χ2n) is 7.99. The number of ether oxygens (including phenoxy) is 2. The van der Waals surface area contributed by atoms with Gasteiger partial charge < -0.3 is 19.3 Å². The van der Waals surface area contributed by atoms with Crippen LogP contribution in [-0.2, 0) is 11.2 Å². The third kappa shape index (κ3) is 4.67. The Morgan fingerprint density at radius 1 is 1.03 bits per heavy atom. The molecule has 2 amide bonds. The van der Waals surface area contributed by atoms with Crippen LogP contribution in [0.25, 0.3) is 11.1 Å². The number of nitrogens with zero attached hydrogens (tertiary/aromatic N) is 3. The Balaban J connectivity index is 1.64. The van der Waals surface area contributed by atoms with Gasteiger partial charge in [0, 0.05) is 45.0 Å². The quantitative estimate of drug-likeness (QED) is 0.582.